The third kappa shape index (κ3) is 3.43. The Bertz CT molecular complexity index is 399. The first-order chi connectivity index (χ1) is 8.65. The molecular formula is C13H18FN3O. The first kappa shape index (κ1) is 12.8. The highest BCUT2D eigenvalue weighted by molar-refractivity contribution is 5.74. The van der Waals surface area contributed by atoms with Crippen LogP contribution in [0.1, 0.15) is 5.56 Å². The van der Waals surface area contributed by atoms with E-state index >= 15 is 0 Å². The van der Waals surface area contributed by atoms with Crippen LogP contribution in [0.15, 0.2) is 24.3 Å². The number of hydrogen-bond acceptors (Lipinski definition) is 2. The SMILES string of the molecule is CN1CCN(C(=O)NCc2ccc(F)cc2)CC1. The van der Waals surface area contributed by atoms with Crippen LogP contribution < -0.4 is 5.32 Å². The van der Waals surface area contributed by atoms with Crippen LogP contribution in [0.3, 0.4) is 0 Å². The molecule has 5 heteroatoms. The topological polar surface area (TPSA) is 35.6 Å². The Morgan fingerprint density at radius 1 is 1.22 bits per heavy atom. The van der Waals surface area contributed by atoms with Crippen LogP contribution in [0.5, 0.6) is 0 Å². The van der Waals surface area contributed by atoms with E-state index < -0.39 is 0 Å². The summed E-state index contributed by atoms with van der Waals surface area (Å²) in [5.41, 5.74) is 0.902. The first-order valence-corrected chi connectivity index (χ1v) is 6.11. The van der Waals surface area contributed by atoms with Crippen molar-refractivity contribution < 1.29 is 9.18 Å². The van der Waals surface area contributed by atoms with Crippen molar-refractivity contribution in [3.63, 3.8) is 0 Å². The predicted octanol–water partition coefficient (Wildman–Crippen LogP) is 1.28. The molecule has 2 amide bonds. The molecule has 0 radical (unpaired) electrons. The minimum Gasteiger partial charge on any atom is -0.334 e. The van der Waals surface area contributed by atoms with Crippen LogP contribution in [-0.2, 0) is 6.54 Å². The van der Waals surface area contributed by atoms with Gasteiger partial charge in [-0.2, -0.15) is 0 Å². The van der Waals surface area contributed by atoms with Gasteiger partial charge in [-0.15, -0.1) is 0 Å². The van der Waals surface area contributed by atoms with E-state index in [0.717, 1.165) is 31.7 Å². The van der Waals surface area contributed by atoms with E-state index in [2.05, 4.69) is 10.2 Å². The number of likely N-dealkylation sites (N-methyl/N-ethyl adjacent to an activating group) is 1. The van der Waals surface area contributed by atoms with E-state index in [0.29, 0.717) is 6.54 Å². The van der Waals surface area contributed by atoms with Gasteiger partial charge in [-0.25, -0.2) is 9.18 Å². The molecule has 0 aromatic heterocycles. The number of carbonyl (C=O) groups excluding carboxylic acids is 1. The predicted molar refractivity (Wildman–Crippen MR) is 67.7 cm³/mol. The zero-order chi connectivity index (χ0) is 13.0. The summed E-state index contributed by atoms with van der Waals surface area (Å²) in [7, 11) is 2.05. The van der Waals surface area contributed by atoms with Crippen LogP contribution in [0.25, 0.3) is 0 Å². The number of hydrogen-bond donors (Lipinski definition) is 1. The number of rotatable bonds is 2. The van der Waals surface area contributed by atoms with Gasteiger partial charge in [0, 0.05) is 32.7 Å². The quantitative estimate of drug-likeness (QED) is 0.859. The number of benzene rings is 1. The van der Waals surface area contributed by atoms with Gasteiger partial charge in [0.25, 0.3) is 0 Å². The molecule has 0 bridgehead atoms. The zero-order valence-electron chi connectivity index (χ0n) is 10.5. The third-order valence-electron chi connectivity index (χ3n) is 3.15. The molecule has 0 unspecified atom stereocenters. The molecule has 1 fully saturated rings. The smallest absolute Gasteiger partial charge is 0.317 e. The van der Waals surface area contributed by atoms with Gasteiger partial charge in [-0.3, -0.25) is 0 Å². The van der Waals surface area contributed by atoms with Crippen LogP contribution in [0.2, 0.25) is 0 Å². The standard InChI is InChI=1S/C13H18FN3O/c1-16-6-8-17(9-7-16)13(18)15-10-11-2-4-12(14)5-3-11/h2-5H,6-10H2,1H3,(H,15,18). The summed E-state index contributed by atoms with van der Waals surface area (Å²) < 4.78 is 12.7. The van der Waals surface area contributed by atoms with Crippen molar-refractivity contribution in [1.82, 2.24) is 15.1 Å². The molecule has 1 aromatic rings. The minimum absolute atomic E-state index is 0.0487. The Hall–Kier alpha value is -1.62. The lowest BCUT2D eigenvalue weighted by molar-refractivity contribution is 0.154. The largest absolute Gasteiger partial charge is 0.334 e. The summed E-state index contributed by atoms with van der Waals surface area (Å²) in [6, 6.07) is 6.11. The molecule has 0 spiro atoms. The minimum atomic E-state index is -0.260. The molecule has 1 aromatic carbocycles. The summed E-state index contributed by atoms with van der Waals surface area (Å²) >= 11 is 0. The van der Waals surface area contributed by atoms with Gasteiger partial charge in [0.05, 0.1) is 0 Å². The molecule has 0 aliphatic carbocycles. The maximum atomic E-state index is 12.7. The molecular weight excluding hydrogens is 233 g/mol. The van der Waals surface area contributed by atoms with Crippen LogP contribution in [0, 0.1) is 5.82 Å². The molecule has 0 atom stereocenters. The van der Waals surface area contributed by atoms with Crippen molar-refractivity contribution in [2.24, 2.45) is 0 Å². The Morgan fingerprint density at radius 2 is 1.83 bits per heavy atom. The summed E-state index contributed by atoms with van der Waals surface area (Å²) in [4.78, 5) is 15.9. The number of amides is 2. The van der Waals surface area contributed by atoms with E-state index in [1.54, 1.807) is 12.1 Å². The normalized spacial score (nSPS) is 16.7. The molecule has 1 N–H and O–H groups in total. The molecule has 1 aliphatic heterocycles. The zero-order valence-corrected chi connectivity index (χ0v) is 10.5. The van der Waals surface area contributed by atoms with E-state index in [1.807, 2.05) is 11.9 Å². The average molecular weight is 251 g/mol. The fraction of sp³-hybridized carbons (Fsp3) is 0.462. The second-order valence-corrected chi connectivity index (χ2v) is 4.58. The number of nitrogens with zero attached hydrogens (tertiary/aromatic N) is 2. The molecule has 1 aliphatic rings. The second kappa shape index (κ2) is 5.82. The number of halogens is 1. The van der Waals surface area contributed by atoms with Crippen LogP contribution in [0.4, 0.5) is 9.18 Å². The highest BCUT2D eigenvalue weighted by Crippen LogP contribution is 2.03. The fourth-order valence-corrected chi connectivity index (χ4v) is 1.90. The summed E-state index contributed by atoms with van der Waals surface area (Å²) in [6.07, 6.45) is 0. The summed E-state index contributed by atoms with van der Waals surface area (Å²) in [5.74, 6) is -0.260. The summed E-state index contributed by atoms with van der Waals surface area (Å²) in [5, 5.41) is 2.85. The number of piperazine rings is 1. The van der Waals surface area contributed by atoms with Crippen molar-refractivity contribution >= 4 is 6.03 Å². The van der Waals surface area contributed by atoms with Gasteiger partial charge in [-0.1, -0.05) is 12.1 Å². The van der Waals surface area contributed by atoms with E-state index in [1.165, 1.54) is 12.1 Å². The third-order valence-corrected chi connectivity index (χ3v) is 3.15. The van der Waals surface area contributed by atoms with E-state index in [4.69, 9.17) is 0 Å². The molecule has 0 saturated carbocycles. The Morgan fingerprint density at radius 3 is 2.44 bits per heavy atom. The number of urea groups is 1. The first-order valence-electron chi connectivity index (χ1n) is 6.11. The molecule has 18 heavy (non-hydrogen) atoms. The van der Waals surface area contributed by atoms with Gasteiger partial charge in [-0.05, 0) is 24.7 Å². The lowest BCUT2D eigenvalue weighted by Gasteiger charge is -2.32. The second-order valence-electron chi connectivity index (χ2n) is 4.58. The van der Waals surface area contributed by atoms with Crippen molar-refractivity contribution in [1.29, 1.82) is 0 Å². The van der Waals surface area contributed by atoms with E-state index in [-0.39, 0.29) is 11.8 Å². The maximum absolute atomic E-state index is 12.7. The van der Waals surface area contributed by atoms with Crippen molar-refractivity contribution in [2.45, 2.75) is 6.54 Å². The van der Waals surface area contributed by atoms with Crippen LogP contribution >= 0.6 is 0 Å². The molecule has 1 heterocycles. The van der Waals surface area contributed by atoms with Crippen LogP contribution in [-0.4, -0.2) is 49.1 Å². The molecule has 4 nitrogen and oxygen atoms in total. The van der Waals surface area contributed by atoms with Gasteiger partial charge < -0.3 is 15.1 Å². The highest BCUT2D eigenvalue weighted by atomic mass is 19.1. The lowest BCUT2D eigenvalue weighted by Crippen LogP contribution is -2.50. The Balaban J connectivity index is 1.79. The van der Waals surface area contributed by atoms with Gasteiger partial charge in [0.15, 0.2) is 0 Å². The van der Waals surface area contributed by atoms with Gasteiger partial charge in [0.1, 0.15) is 5.82 Å². The number of nitrogens with one attached hydrogen (secondary N) is 1. The summed E-state index contributed by atoms with van der Waals surface area (Å²) in [6.45, 7) is 3.76. The fourth-order valence-electron chi connectivity index (χ4n) is 1.90. The molecule has 2 rings (SSSR count). The molecule has 98 valence electrons. The maximum Gasteiger partial charge on any atom is 0.317 e. The van der Waals surface area contributed by atoms with Crippen molar-refractivity contribution in [3.8, 4) is 0 Å². The van der Waals surface area contributed by atoms with Gasteiger partial charge in [0.2, 0.25) is 0 Å². The number of carbonyl (C=O) groups is 1. The molecule has 1 saturated heterocycles. The average Bonchev–Trinajstić information content (AvgIpc) is 2.38. The Labute approximate surface area is 106 Å². The highest BCUT2D eigenvalue weighted by Gasteiger charge is 2.18. The monoisotopic (exact) mass is 251 g/mol. The Kier molecular flexibility index (Phi) is 4.15. The van der Waals surface area contributed by atoms with Crippen molar-refractivity contribution in [3.05, 3.63) is 35.6 Å². The van der Waals surface area contributed by atoms with Gasteiger partial charge >= 0.3 is 6.03 Å². The lowest BCUT2D eigenvalue weighted by atomic mass is 10.2. The van der Waals surface area contributed by atoms with Crippen molar-refractivity contribution in [2.75, 3.05) is 33.2 Å². The van der Waals surface area contributed by atoms with E-state index in [9.17, 15) is 9.18 Å².